The van der Waals surface area contributed by atoms with Crippen LogP contribution in [0.15, 0.2) is 34.7 Å². The van der Waals surface area contributed by atoms with Gasteiger partial charge in [-0.25, -0.2) is 14.2 Å². The minimum absolute atomic E-state index is 0.0650. The molecule has 7 atom stereocenters. The summed E-state index contributed by atoms with van der Waals surface area (Å²) >= 11 is 0. The number of benzene rings is 1. The normalized spacial score (nSPS) is 32.3. The first-order chi connectivity index (χ1) is 22.5. The average molecular weight is 666 g/mol. The molecule has 2 amide bonds. The van der Waals surface area contributed by atoms with E-state index in [0.29, 0.717) is 34.8 Å². The lowest BCUT2D eigenvalue weighted by atomic mass is 9.94. The third kappa shape index (κ3) is 6.74. The number of rotatable bonds is 7. The van der Waals surface area contributed by atoms with Crippen LogP contribution >= 0.6 is 0 Å². The third-order valence-corrected chi connectivity index (χ3v) is 11.9. The van der Waals surface area contributed by atoms with Gasteiger partial charge in [0.25, 0.3) is 0 Å². The van der Waals surface area contributed by atoms with E-state index in [-0.39, 0.29) is 47.2 Å². The van der Waals surface area contributed by atoms with Crippen molar-refractivity contribution in [3.8, 4) is 11.6 Å². The highest BCUT2D eigenvalue weighted by Crippen LogP contribution is 2.47. The lowest BCUT2D eigenvalue weighted by Crippen LogP contribution is -2.57. The number of nitrogens with two attached hydrogens (primary N) is 1. The molecule has 0 bridgehead atoms. The minimum atomic E-state index is -1.49. The van der Waals surface area contributed by atoms with Crippen LogP contribution in [0.4, 0.5) is 0 Å². The molecule has 3 fully saturated rings. The molecule has 47 heavy (non-hydrogen) atoms. The number of ether oxygens (including phenoxy) is 2. The Morgan fingerprint density at radius 1 is 1.21 bits per heavy atom. The van der Waals surface area contributed by atoms with E-state index in [0.717, 1.165) is 38.5 Å². The molecule has 1 saturated heterocycles. The highest BCUT2D eigenvalue weighted by Gasteiger charge is 2.59. The molecule has 1 unspecified atom stereocenters. The number of amides is 2. The summed E-state index contributed by atoms with van der Waals surface area (Å²) in [6, 6.07) is 4.20. The summed E-state index contributed by atoms with van der Waals surface area (Å²) < 4.78 is 28.9. The largest absolute Gasteiger partial charge is 0.497 e. The predicted molar refractivity (Wildman–Crippen MR) is 181 cm³/mol. The molecule has 4 aliphatic rings. The van der Waals surface area contributed by atoms with Gasteiger partial charge in [-0.05, 0) is 77.5 Å². The molecule has 254 valence electrons. The monoisotopic (exact) mass is 665 g/mol. The number of aromatic nitrogens is 2. The molecule has 13 heteroatoms. The van der Waals surface area contributed by atoms with Crippen LogP contribution in [0.1, 0.15) is 70.9 Å². The first-order valence-electron chi connectivity index (χ1n) is 16.7. The molecule has 2 aliphatic heterocycles. The Bertz CT molecular complexity index is 1630. The van der Waals surface area contributed by atoms with Crippen LogP contribution < -0.4 is 25.8 Å². The Hall–Kier alpha value is -3.58. The van der Waals surface area contributed by atoms with Gasteiger partial charge in [-0.2, -0.15) is 4.40 Å². The van der Waals surface area contributed by atoms with Crippen molar-refractivity contribution in [1.29, 1.82) is 0 Å². The Morgan fingerprint density at radius 3 is 2.72 bits per heavy atom. The van der Waals surface area contributed by atoms with E-state index in [1.165, 1.54) is 0 Å². The van der Waals surface area contributed by atoms with Crippen molar-refractivity contribution in [3.05, 3.63) is 36.0 Å². The summed E-state index contributed by atoms with van der Waals surface area (Å²) in [5, 5.41) is 6.42. The van der Waals surface area contributed by atoms with Crippen molar-refractivity contribution < 1.29 is 23.3 Å². The number of hydrogen-bond acceptors (Lipinski definition) is 8. The minimum Gasteiger partial charge on any atom is -0.497 e. The van der Waals surface area contributed by atoms with Gasteiger partial charge in [-0.1, -0.05) is 25.5 Å². The van der Waals surface area contributed by atoms with Gasteiger partial charge in [0.2, 0.25) is 17.7 Å². The molecule has 1 aromatic carbocycles. The Labute approximate surface area is 278 Å². The maximum absolute atomic E-state index is 14.3. The van der Waals surface area contributed by atoms with Gasteiger partial charge in [0.1, 0.15) is 45.9 Å². The smallest absolute Gasteiger partial charge is 0.243 e. The molecule has 0 spiro atoms. The fraction of sp³-hybridized carbons (Fsp3) is 0.618. The van der Waals surface area contributed by atoms with Gasteiger partial charge in [0.15, 0.2) is 0 Å². The topological polar surface area (TPSA) is 161 Å². The lowest BCUT2D eigenvalue weighted by molar-refractivity contribution is -0.141. The van der Waals surface area contributed by atoms with Crippen LogP contribution in [0, 0.1) is 18.8 Å². The Balaban J connectivity index is 1.31. The number of methoxy groups -OCH3 is 1. The van der Waals surface area contributed by atoms with E-state index in [1.54, 1.807) is 25.1 Å². The van der Waals surface area contributed by atoms with Crippen molar-refractivity contribution in [2.75, 3.05) is 20.7 Å². The summed E-state index contributed by atoms with van der Waals surface area (Å²) in [4.78, 5) is 39.5. The van der Waals surface area contributed by atoms with E-state index in [2.05, 4.69) is 39.1 Å². The summed E-state index contributed by atoms with van der Waals surface area (Å²) in [6.07, 6.45) is 9.96. The summed E-state index contributed by atoms with van der Waals surface area (Å²) in [5.41, 5.74) is 7.58. The number of hydrogen-bond donors (Lipinski definition) is 3. The van der Waals surface area contributed by atoms with Gasteiger partial charge in [0.05, 0.1) is 35.5 Å². The molecular formula is C34H47N7O5S. The molecule has 2 aliphatic carbocycles. The second-order valence-electron chi connectivity index (χ2n) is 13.9. The van der Waals surface area contributed by atoms with Crippen molar-refractivity contribution in [1.82, 2.24) is 25.5 Å². The molecule has 3 heterocycles. The van der Waals surface area contributed by atoms with Gasteiger partial charge in [0, 0.05) is 18.4 Å². The summed E-state index contributed by atoms with van der Waals surface area (Å²) in [5.74, 6) is 0.707. The van der Waals surface area contributed by atoms with Crippen molar-refractivity contribution >= 4 is 39.7 Å². The van der Waals surface area contributed by atoms with E-state index in [1.807, 2.05) is 26.0 Å². The molecule has 4 N–H and O–H groups in total. The van der Waals surface area contributed by atoms with Crippen LogP contribution in [0.3, 0.4) is 0 Å². The van der Waals surface area contributed by atoms with E-state index in [4.69, 9.17) is 20.2 Å². The number of aryl methyl sites for hydroxylation is 1. The number of carbonyl (C=O) groups is 2. The molecule has 12 nitrogen and oxygen atoms in total. The fourth-order valence-corrected chi connectivity index (χ4v) is 7.83. The number of carbonyl (C=O) groups excluding carboxylic acids is 2. The zero-order valence-corrected chi connectivity index (χ0v) is 28.8. The highest BCUT2D eigenvalue weighted by atomic mass is 32.2. The van der Waals surface area contributed by atoms with Gasteiger partial charge in [-0.3, -0.25) is 9.59 Å². The van der Waals surface area contributed by atoms with Crippen LogP contribution in [0.5, 0.6) is 11.6 Å². The van der Waals surface area contributed by atoms with E-state index >= 15 is 0 Å². The van der Waals surface area contributed by atoms with Gasteiger partial charge >= 0.3 is 0 Å². The van der Waals surface area contributed by atoms with Crippen molar-refractivity contribution in [3.63, 3.8) is 0 Å². The van der Waals surface area contributed by atoms with Crippen LogP contribution in [0.2, 0.25) is 0 Å². The molecule has 1 aromatic heterocycles. The zero-order valence-electron chi connectivity index (χ0n) is 28.0. The number of allylic oxidation sites excluding steroid dienone is 1. The quantitative estimate of drug-likeness (QED) is 0.229. The first-order valence-corrected chi connectivity index (χ1v) is 17.8. The molecule has 0 radical (unpaired) electrons. The number of nitrogens with zero attached hydrogens (tertiary/aromatic N) is 4. The maximum atomic E-state index is 14.3. The SMILES string of the molecule is CN[C@@H]1C(=O)N2C[C@H](Oc3nc4cc(OC)ccc4nc3C)C[C@H]2C(=O)N[C@]2(C(N)=NS(=O)C3(C)CC3)C[C@H]2/C=C\CCCC[C@H]1C. The average Bonchev–Trinajstić information content (AvgIpc) is 3.92. The van der Waals surface area contributed by atoms with Gasteiger partial charge < -0.3 is 30.7 Å². The Morgan fingerprint density at radius 2 is 2.00 bits per heavy atom. The second-order valence-corrected chi connectivity index (χ2v) is 15.5. The predicted octanol–water partition coefficient (Wildman–Crippen LogP) is 3.10. The van der Waals surface area contributed by atoms with Crippen LogP contribution in [-0.4, -0.2) is 85.9 Å². The summed E-state index contributed by atoms with van der Waals surface area (Å²) in [6.45, 7) is 6.06. The molecular weight excluding hydrogens is 618 g/mol. The number of amidine groups is 1. The molecule has 2 saturated carbocycles. The summed E-state index contributed by atoms with van der Waals surface area (Å²) in [7, 11) is 1.90. The fourth-order valence-electron chi connectivity index (χ4n) is 6.82. The Kier molecular flexibility index (Phi) is 9.32. The maximum Gasteiger partial charge on any atom is 0.243 e. The first kappa shape index (κ1) is 33.3. The standard InChI is InChI=1S/C34H47N7O5S/c1-20-10-8-6-7-9-11-22-18-34(22,32(35)40-47(44)33(3)14-15-33)39-29(42)27-17-24(19-41(27)31(43)28(20)36-4)46-30-21(2)37-25-13-12-23(45-5)16-26(25)38-30/h9,11-13,16,20,22,24,27-28,36H,6-8,10,14-15,17-19H2,1-5H3,(H2,35,40)(H,39,42)/b11-9-/t20-,22-,24-,27+,28+,34-,47?/m1/s1. The number of nitrogens with one attached hydrogen (secondary N) is 2. The zero-order chi connectivity index (χ0) is 33.5. The number of likely N-dealkylation sites (N-methyl/N-ethyl adjacent to an activating group) is 1. The number of fused-ring (bicyclic) bond motifs is 3. The third-order valence-electron chi connectivity index (χ3n) is 10.3. The second kappa shape index (κ2) is 13.1. The van der Waals surface area contributed by atoms with E-state index in [9.17, 15) is 13.8 Å². The van der Waals surface area contributed by atoms with Crippen molar-refractivity contribution in [2.24, 2.45) is 22.0 Å². The van der Waals surface area contributed by atoms with Gasteiger partial charge in [-0.15, -0.1) is 0 Å². The molecule has 2 aromatic rings. The lowest BCUT2D eigenvalue weighted by Gasteiger charge is -2.31. The van der Waals surface area contributed by atoms with Crippen LogP contribution in [-0.2, 0) is 20.6 Å². The van der Waals surface area contributed by atoms with Crippen molar-refractivity contribution in [2.45, 2.75) is 101 Å². The van der Waals surface area contributed by atoms with Crippen LogP contribution in [0.25, 0.3) is 11.0 Å². The highest BCUT2D eigenvalue weighted by molar-refractivity contribution is 7.85. The van der Waals surface area contributed by atoms with E-state index < -0.39 is 34.7 Å². The molecule has 6 rings (SSSR count).